The van der Waals surface area contributed by atoms with Crippen LogP contribution in [0.4, 0.5) is 0 Å². The lowest BCUT2D eigenvalue weighted by atomic mass is 9.90. The van der Waals surface area contributed by atoms with Crippen molar-refractivity contribution in [1.29, 1.82) is 0 Å². The number of piperidine rings is 1. The maximum absolute atomic E-state index is 12.0. The number of para-hydroxylation sites is 1. The molecule has 3 rings (SSSR count). The van der Waals surface area contributed by atoms with Gasteiger partial charge in [0.15, 0.2) is 0 Å². The summed E-state index contributed by atoms with van der Waals surface area (Å²) < 4.78 is 6.36. The Morgan fingerprint density at radius 1 is 1.05 bits per heavy atom. The van der Waals surface area contributed by atoms with Crippen molar-refractivity contribution in [2.75, 3.05) is 19.6 Å². The maximum Gasteiger partial charge on any atom is 0.219 e. The van der Waals surface area contributed by atoms with Crippen LogP contribution in [0.3, 0.4) is 0 Å². The minimum atomic E-state index is -0.385. The van der Waals surface area contributed by atoms with Crippen LogP contribution >= 0.6 is 0 Å². The van der Waals surface area contributed by atoms with Crippen molar-refractivity contribution in [3.8, 4) is 5.75 Å². The van der Waals surface area contributed by atoms with E-state index in [1.165, 1.54) is 0 Å². The Morgan fingerprint density at radius 3 is 2.32 bits per heavy atom. The van der Waals surface area contributed by atoms with Crippen molar-refractivity contribution in [2.45, 2.75) is 38.8 Å². The Labute approximate surface area is 130 Å². The number of nitrogens with zero attached hydrogens (tertiary/aromatic N) is 2. The number of benzene rings is 1. The molecule has 1 saturated heterocycles. The first-order valence-corrected chi connectivity index (χ1v) is 7.77. The molecule has 0 aromatic heterocycles. The number of carbonyl (C=O) groups excluding carboxylic acids is 2. The summed E-state index contributed by atoms with van der Waals surface area (Å²) in [6.45, 7) is 5.74. The molecular weight excluding hydrogens is 280 g/mol. The van der Waals surface area contributed by atoms with Gasteiger partial charge in [-0.1, -0.05) is 18.2 Å². The minimum absolute atomic E-state index is 0.0636. The SMILES string of the molecule is CC(=O)N1CCC2(CC1)CN(C(C)=O)Cc1ccccc1O2. The zero-order valence-corrected chi connectivity index (χ0v) is 13.2. The molecule has 2 heterocycles. The van der Waals surface area contributed by atoms with Gasteiger partial charge in [0.1, 0.15) is 11.4 Å². The molecule has 118 valence electrons. The zero-order chi connectivity index (χ0) is 15.7. The predicted molar refractivity (Wildman–Crippen MR) is 82.4 cm³/mol. The van der Waals surface area contributed by atoms with Crippen LogP contribution in [0.15, 0.2) is 24.3 Å². The fourth-order valence-electron chi connectivity index (χ4n) is 3.32. The number of carbonyl (C=O) groups is 2. The molecule has 0 atom stereocenters. The second kappa shape index (κ2) is 5.63. The van der Waals surface area contributed by atoms with Crippen LogP contribution in [0.25, 0.3) is 0 Å². The Balaban J connectivity index is 1.88. The van der Waals surface area contributed by atoms with Crippen LogP contribution in [0.2, 0.25) is 0 Å². The molecule has 22 heavy (non-hydrogen) atoms. The van der Waals surface area contributed by atoms with Crippen LogP contribution in [0.1, 0.15) is 32.3 Å². The summed E-state index contributed by atoms with van der Waals surface area (Å²) in [5.74, 6) is 1.03. The van der Waals surface area contributed by atoms with E-state index in [1.807, 2.05) is 34.1 Å². The van der Waals surface area contributed by atoms with E-state index in [4.69, 9.17) is 4.74 Å². The molecule has 2 aliphatic rings. The number of hydrogen-bond donors (Lipinski definition) is 0. The summed E-state index contributed by atoms with van der Waals surface area (Å²) in [5, 5.41) is 0. The molecule has 1 spiro atoms. The van der Waals surface area contributed by atoms with E-state index < -0.39 is 0 Å². The maximum atomic E-state index is 12.0. The largest absolute Gasteiger partial charge is 0.485 e. The molecule has 2 aliphatic heterocycles. The second-order valence-electron chi connectivity index (χ2n) is 6.27. The number of ether oxygens (including phenoxy) is 1. The Kier molecular flexibility index (Phi) is 3.81. The van der Waals surface area contributed by atoms with Gasteiger partial charge >= 0.3 is 0 Å². The minimum Gasteiger partial charge on any atom is -0.485 e. The molecule has 2 amide bonds. The smallest absolute Gasteiger partial charge is 0.219 e. The van der Waals surface area contributed by atoms with E-state index in [0.29, 0.717) is 26.2 Å². The van der Waals surface area contributed by atoms with Gasteiger partial charge < -0.3 is 14.5 Å². The van der Waals surface area contributed by atoms with Gasteiger partial charge in [-0.25, -0.2) is 0 Å². The third kappa shape index (κ3) is 2.80. The molecule has 5 nitrogen and oxygen atoms in total. The zero-order valence-electron chi connectivity index (χ0n) is 13.2. The normalized spacial score (nSPS) is 20.1. The molecule has 5 heteroatoms. The number of hydrogen-bond acceptors (Lipinski definition) is 3. The lowest BCUT2D eigenvalue weighted by molar-refractivity contribution is -0.137. The van der Waals surface area contributed by atoms with Crippen molar-refractivity contribution < 1.29 is 14.3 Å². The Hall–Kier alpha value is -2.04. The van der Waals surface area contributed by atoms with Gasteiger partial charge in [-0.2, -0.15) is 0 Å². The van der Waals surface area contributed by atoms with Crippen molar-refractivity contribution in [1.82, 2.24) is 9.80 Å². The van der Waals surface area contributed by atoms with Gasteiger partial charge in [0, 0.05) is 51.9 Å². The molecule has 0 unspecified atom stereocenters. The highest BCUT2D eigenvalue weighted by atomic mass is 16.5. The lowest BCUT2D eigenvalue weighted by Gasteiger charge is -2.42. The van der Waals surface area contributed by atoms with Crippen LogP contribution in [0, 0.1) is 0 Å². The lowest BCUT2D eigenvalue weighted by Crippen LogP contribution is -2.54. The average Bonchev–Trinajstić information content (AvgIpc) is 2.64. The monoisotopic (exact) mass is 302 g/mol. The summed E-state index contributed by atoms with van der Waals surface area (Å²) in [7, 11) is 0. The predicted octanol–water partition coefficient (Wildman–Crippen LogP) is 1.81. The van der Waals surface area contributed by atoms with Crippen molar-refractivity contribution in [3.05, 3.63) is 29.8 Å². The molecule has 1 fully saturated rings. The molecular formula is C17H22N2O3. The number of amides is 2. The van der Waals surface area contributed by atoms with E-state index >= 15 is 0 Å². The topological polar surface area (TPSA) is 49.9 Å². The van der Waals surface area contributed by atoms with Crippen molar-refractivity contribution in [2.24, 2.45) is 0 Å². The van der Waals surface area contributed by atoms with Crippen molar-refractivity contribution in [3.63, 3.8) is 0 Å². The fraction of sp³-hybridized carbons (Fsp3) is 0.529. The highest BCUT2D eigenvalue weighted by Crippen LogP contribution is 2.35. The van der Waals surface area contributed by atoms with Gasteiger partial charge in [0.2, 0.25) is 11.8 Å². The Morgan fingerprint density at radius 2 is 1.68 bits per heavy atom. The van der Waals surface area contributed by atoms with Gasteiger partial charge in [-0.15, -0.1) is 0 Å². The molecule has 0 radical (unpaired) electrons. The number of fused-ring (bicyclic) bond motifs is 1. The first-order chi connectivity index (χ1) is 10.5. The first kappa shape index (κ1) is 14.9. The highest BCUT2D eigenvalue weighted by molar-refractivity contribution is 5.74. The second-order valence-corrected chi connectivity index (χ2v) is 6.27. The van der Waals surface area contributed by atoms with Gasteiger partial charge in [0.05, 0.1) is 6.54 Å². The molecule has 1 aromatic carbocycles. The average molecular weight is 302 g/mol. The molecule has 0 aliphatic carbocycles. The summed E-state index contributed by atoms with van der Waals surface area (Å²) in [6.07, 6.45) is 1.51. The molecule has 0 N–H and O–H groups in total. The molecule has 1 aromatic rings. The van der Waals surface area contributed by atoms with Gasteiger partial charge in [-0.3, -0.25) is 9.59 Å². The summed E-state index contributed by atoms with van der Waals surface area (Å²) in [6, 6.07) is 7.91. The summed E-state index contributed by atoms with van der Waals surface area (Å²) in [5.41, 5.74) is 0.660. The molecule has 0 saturated carbocycles. The highest BCUT2D eigenvalue weighted by Gasteiger charge is 2.41. The third-order valence-electron chi connectivity index (χ3n) is 4.70. The van der Waals surface area contributed by atoms with Crippen LogP contribution in [-0.2, 0) is 16.1 Å². The van der Waals surface area contributed by atoms with Crippen LogP contribution in [0.5, 0.6) is 5.75 Å². The number of rotatable bonds is 0. The summed E-state index contributed by atoms with van der Waals surface area (Å²) in [4.78, 5) is 27.2. The van der Waals surface area contributed by atoms with Crippen LogP contribution < -0.4 is 4.74 Å². The van der Waals surface area contributed by atoms with Crippen LogP contribution in [-0.4, -0.2) is 46.8 Å². The fourth-order valence-corrected chi connectivity index (χ4v) is 3.32. The standard InChI is InChI=1S/C17H22N2O3/c1-13(20)18-9-7-17(8-10-18)12-19(14(2)21)11-15-5-3-4-6-16(15)22-17/h3-6H,7-12H2,1-2H3. The van der Waals surface area contributed by atoms with Crippen molar-refractivity contribution >= 4 is 11.8 Å². The molecule has 0 bridgehead atoms. The van der Waals surface area contributed by atoms with Gasteiger partial charge in [-0.05, 0) is 6.07 Å². The summed E-state index contributed by atoms with van der Waals surface area (Å²) >= 11 is 0. The van der Waals surface area contributed by atoms with E-state index in [1.54, 1.807) is 13.8 Å². The van der Waals surface area contributed by atoms with Gasteiger partial charge in [0.25, 0.3) is 0 Å². The van der Waals surface area contributed by atoms with E-state index in [0.717, 1.165) is 24.2 Å². The third-order valence-corrected chi connectivity index (χ3v) is 4.70. The van der Waals surface area contributed by atoms with E-state index in [9.17, 15) is 9.59 Å². The first-order valence-electron chi connectivity index (χ1n) is 7.77. The van der Waals surface area contributed by atoms with E-state index in [-0.39, 0.29) is 17.4 Å². The number of likely N-dealkylation sites (tertiary alicyclic amines) is 1. The quantitative estimate of drug-likeness (QED) is 0.734. The van der Waals surface area contributed by atoms with E-state index in [2.05, 4.69) is 0 Å². The Bertz CT molecular complexity index is 591.